The normalized spacial score (nSPS) is 13.6. The number of aryl methyl sites for hydroxylation is 1. The first-order chi connectivity index (χ1) is 8.48. The van der Waals surface area contributed by atoms with E-state index in [0.717, 1.165) is 17.5 Å². The molecular weight excluding hydrogens is 243 g/mol. The SMILES string of the molecule is CCc1cnccc1C(CCCC(F)(F)F)NN. The molecule has 0 spiro atoms. The largest absolute Gasteiger partial charge is 0.389 e. The van der Waals surface area contributed by atoms with E-state index in [1.54, 1.807) is 18.5 Å². The molecule has 0 aliphatic carbocycles. The van der Waals surface area contributed by atoms with Crippen LogP contribution in [0.2, 0.25) is 0 Å². The van der Waals surface area contributed by atoms with Crippen LogP contribution in [0.3, 0.4) is 0 Å². The van der Waals surface area contributed by atoms with Gasteiger partial charge in [-0.2, -0.15) is 13.2 Å². The maximum atomic E-state index is 12.1. The molecule has 0 aliphatic heterocycles. The van der Waals surface area contributed by atoms with Gasteiger partial charge >= 0.3 is 6.18 Å². The Balaban J connectivity index is 2.65. The van der Waals surface area contributed by atoms with Crippen molar-refractivity contribution in [2.45, 2.75) is 44.8 Å². The van der Waals surface area contributed by atoms with Crippen molar-refractivity contribution in [1.82, 2.24) is 10.4 Å². The van der Waals surface area contributed by atoms with E-state index in [9.17, 15) is 13.2 Å². The van der Waals surface area contributed by atoms with E-state index in [1.165, 1.54) is 0 Å². The molecule has 1 aromatic rings. The second kappa shape index (κ2) is 6.70. The van der Waals surface area contributed by atoms with Gasteiger partial charge in [0.15, 0.2) is 0 Å². The predicted octanol–water partition coefficient (Wildman–Crippen LogP) is 2.88. The predicted molar refractivity (Wildman–Crippen MR) is 63.6 cm³/mol. The highest BCUT2D eigenvalue weighted by Gasteiger charge is 2.27. The van der Waals surface area contributed by atoms with Gasteiger partial charge in [-0.25, -0.2) is 0 Å². The molecule has 0 fully saturated rings. The van der Waals surface area contributed by atoms with E-state index in [0.29, 0.717) is 6.42 Å². The maximum absolute atomic E-state index is 12.1. The molecule has 1 aromatic heterocycles. The fourth-order valence-electron chi connectivity index (χ4n) is 1.91. The fourth-order valence-corrected chi connectivity index (χ4v) is 1.91. The van der Waals surface area contributed by atoms with Crippen LogP contribution < -0.4 is 11.3 Å². The summed E-state index contributed by atoms with van der Waals surface area (Å²) in [6.07, 6.45) is -0.341. The highest BCUT2D eigenvalue weighted by molar-refractivity contribution is 5.26. The van der Waals surface area contributed by atoms with Gasteiger partial charge < -0.3 is 0 Å². The first-order valence-electron chi connectivity index (χ1n) is 5.93. The number of rotatable bonds is 6. The van der Waals surface area contributed by atoms with Gasteiger partial charge in [0.2, 0.25) is 0 Å². The van der Waals surface area contributed by atoms with Gasteiger partial charge in [0.1, 0.15) is 0 Å². The first-order valence-corrected chi connectivity index (χ1v) is 5.93. The fraction of sp³-hybridized carbons (Fsp3) is 0.583. The molecule has 3 N–H and O–H groups in total. The van der Waals surface area contributed by atoms with Gasteiger partial charge in [-0.15, -0.1) is 0 Å². The van der Waals surface area contributed by atoms with E-state index in [2.05, 4.69) is 10.4 Å². The zero-order valence-corrected chi connectivity index (χ0v) is 10.3. The lowest BCUT2D eigenvalue weighted by Crippen LogP contribution is -2.29. The van der Waals surface area contributed by atoms with Gasteiger partial charge in [0.25, 0.3) is 0 Å². The summed E-state index contributed by atoms with van der Waals surface area (Å²) in [7, 11) is 0. The van der Waals surface area contributed by atoms with Crippen LogP contribution in [0.1, 0.15) is 43.4 Å². The van der Waals surface area contributed by atoms with Gasteiger partial charge in [0, 0.05) is 24.9 Å². The average Bonchev–Trinajstić information content (AvgIpc) is 2.33. The molecule has 0 aliphatic rings. The molecule has 1 heterocycles. The van der Waals surface area contributed by atoms with Crippen molar-refractivity contribution in [3.63, 3.8) is 0 Å². The molecule has 1 rings (SSSR count). The maximum Gasteiger partial charge on any atom is 0.389 e. The quantitative estimate of drug-likeness (QED) is 0.611. The molecule has 1 unspecified atom stereocenters. The summed E-state index contributed by atoms with van der Waals surface area (Å²) in [5.41, 5.74) is 4.52. The van der Waals surface area contributed by atoms with Crippen LogP contribution in [0.5, 0.6) is 0 Å². The molecule has 0 bridgehead atoms. The lowest BCUT2D eigenvalue weighted by atomic mass is 9.97. The summed E-state index contributed by atoms with van der Waals surface area (Å²) in [5, 5.41) is 0. The minimum absolute atomic E-state index is 0.0594. The van der Waals surface area contributed by atoms with Gasteiger partial charge in [-0.05, 0) is 36.5 Å². The van der Waals surface area contributed by atoms with Crippen LogP contribution in [-0.2, 0) is 6.42 Å². The van der Waals surface area contributed by atoms with Crippen LogP contribution in [0.4, 0.5) is 13.2 Å². The van der Waals surface area contributed by atoms with Gasteiger partial charge in [0.05, 0.1) is 0 Å². The third-order valence-electron chi connectivity index (χ3n) is 2.85. The number of aromatic nitrogens is 1. The summed E-state index contributed by atoms with van der Waals surface area (Å²) in [4.78, 5) is 4.00. The Bertz CT molecular complexity index is 366. The Labute approximate surface area is 105 Å². The van der Waals surface area contributed by atoms with Crippen LogP contribution >= 0.6 is 0 Å². The van der Waals surface area contributed by atoms with Crippen molar-refractivity contribution in [3.8, 4) is 0 Å². The van der Waals surface area contributed by atoms with Crippen molar-refractivity contribution >= 4 is 0 Å². The smallest absolute Gasteiger partial charge is 0.271 e. The molecule has 0 saturated heterocycles. The van der Waals surface area contributed by atoms with E-state index >= 15 is 0 Å². The molecule has 0 saturated carbocycles. The number of alkyl halides is 3. The van der Waals surface area contributed by atoms with Crippen LogP contribution in [0.15, 0.2) is 18.5 Å². The van der Waals surface area contributed by atoms with Crippen molar-refractivity contribution < 1.29 is 13.2 Å². The number of pyridine rings is 1. The number of hydrogen-bond donors (Lipinski definition) is 2. The standard InChI is InChI=1S/C12H18F3N3/c1-2-9-8-17-7-5-10(9)11(18-16)4-3-6-12(13,14)15/h5,7-8,11,18H,2-4,6,16H2,1H3. The summed E-state index contributed by atoms with van der Waals surface area (Å²) in [6.45, 7) is 1.98. The molecule has 6 heteroatoms. The summed E-state index contributed by atoms with van der Waals surface area (Å²) in [5.74, 6) is 5.43. The Morgan fingerprint density at radius 3 is 2.72 bits per heavy atom. The highest BCUT2D eigenvalue weighted by atomic mass is 19.4. The van der Waals surface area contributed by atoms with Crippen molar-refractivity contribution in [2.75, 3.05) is 0 Å². The molecular formula is C12H18F3N3. The Morgan fingerprint density at radius 2 is 2.17 bits per heavy atom. The van der Waals surface area contributed by atoms with Crippen molar-refractivity contribution in [3.05, 3.63) is 29.6 Å². The molecule has 3 nitrogen and oxygen atoms in total. The Hall–Kier alpha value is -1.14. The lowest BCUT2D eigenvalue weighted by molar-refractivity contribution is -0.135. The van der Waals surface area contributed by atoms with Crippen LogP contribution in [0.25, 0.3) is 0 Å². The van der Waals surface area contributed by atoms with Crippen molar-refractivity contribution in [1.29, 1.82) is 0 Å². The zero-order valence-electron chi connectivity index (χ0n) is 10.3. The van der Waals surface area contributed by atoms with Crippen LogP contribution in [-0.4, -0.2) is 11.2 Å². The second-order valence-electron chi connectivity index (χ2n) is 4.15. The number of hydrazine groups is 1. The molecule has 18 heavy (non-hydrogen) atoms. The minimum atomic E-state index is -4.11. The highest BCUT2D eigenvalue weighted by Crippen LogP contribution is 2.27. The van der Waals surface area contributed by atoms with E-state index in [4.69, 9.17) is 5.84 Å². The van der Waals surface area contributed by atoms with E-state index in [1.807, 2.05) is 6.92 Å². The number of halogens is 3. The Morgan fingerprint density at radius 1 is 1.44 bits per heavy atom. The number of hydrogen-bond acceptors (Lipinski definition) is 3. The summed E-state index contributed by atoms with van der Waals surface area (Å²) < 4.78 is 36.3. The first kappa shape index (κ1) is 14.9. The second-order valence-corrected chi connectivity index (χ2v) is 4.15. The lowest BCUT2D eigenvalue weighted by Gasteiger charge is -2.19. The molecule has 1 atom stereocenters. The molecule has 102 valence electrons. The molecule has 0 amide bonds. The van der Waals surface area contributed by atoms with Gasteiger partial charge in [-0.1, -0.05) is 6.92 Å². The summed E-state index contributed by atoms with van der Waals surface area (Å²) >= 11 is 0. The average molecular weight is 261 g/mol. The zero-order chi connectivity index (χ0) is 13.6. The topological polar surface area (TPSA) is 50.9 Å². The number of nitrogens with one attached hydrogen (secondary N) is 1. The third-order valence-corrected chi connectivity index (χ3v) is 2.85. The summed E-state index contributed by atoms with van der Waals surface area (Å²) in [6, 6.07) is 1.54. The van der Waals surface area contributed by atoms with Crippen molar-refractivity contribution in [2.24, 2.45) is 5.84 Å². The Kier molecular flexibility index (Phi) is 5.55. The van der Waals surface area contributed by atoms with Gasteiger partial charge in [-0.3, -0.25) is 16.3 Å². The minimum Gasteiger partial charge on any atom is -0.271 e. The van der Waals surface area contributed by atoms with E-state index < -0.39 is 12.6 Å². The number of nitrogens with zero attached hydrogens (tertiary/aromatic N) is 1. The monoisotopic (exact) mass is 261 g/mol. The van der Waals surface area contributed by atoms with E-state index in [-0.39, 0.29) is 12.5 Å². The molecule has 0 aromatic carbocycles. The molecule has 0 radical (unpaired) electrons. The van der Waals surface area contributed by atoms with Crippen LogP contribution in [0, 0.1) is 0 Å². The number of nitrogens with two attached hydrogens (primary N) is 1. The third kappa shape index (κ3) is 4.62.